The Labute approximate surface area is 165 Å². The van der Waals surface area contributed by atoms with E-state index in [1.54, 1.807) is 30.3 Å². The molecule has 1 atom stereocenters. The largest absolute Gasteiger partial charge is 0.457 e. The zero-order valence-electron chi connectivity index (χ0n) is 15.6. The van der Waals surface area contributed by atoms with Crippen LogP contribution in [0.1, 0.15) is 36.3 Å². The molecule has 0 spiro atoms. The molecule has 1 unspecified atom stereocenters. The summed E-state index contributed by atoms with van der Waals surface area (Å²) in [5.41, 5.74) is 1.74. The van der Waals surface area contributed by atoms with Gasteiger partial charge in [0.05, 0.1) is 16.9 Å². The van der Waals surface area contributed by atoms with Crippen molar-refractivity contribution in [1.82, 2.24) is 4.72 Å². The molecule has 1 saturated carbocycles. The highest BCUT2D eigenvalue weighted by Crippen LogP contribution is 2.49. The summed E-state index contributed by atoms with van der Waals surface area (Å²) in [5.74, 6) is 2.21. The van der Waals surface area contributed by atoms with Crippen LogP contribution >= 0.6 is 0 Å². The van der Waals surface area contributed by atoms with E-state index in [1.807, 2.05) is 12.1 Å². The smallest absolute Gasteiger partial charge is 0.209 e. The molecule has 1 aliphatic heterocycles. The van der Waals surface area contributed by atoms with Crippen molar-refractivity contribution < 1.29 is 21.6 Å². The second-order valence-electron chi connectivity index (χ2n) is 7.59. The zero-order chi connectivity index (χ0) is 19.9. The average Bonchev–Trinajstić information content (AvgIpc) is 3.46. The van der Waals surface area contributed by atoms with Gasteiger partial charge < -0.3 is 4.74 Å². The lowest BCUT2D eigenvalue weighted by Crippen LogP contribution is -2.21. The summed E-state index contributed by atoms with van der Waals surface area (Å²) in [6.07, 6.45) is 4.19. The quantitative estimate of drug-likeness (QED) is 0.774. The fourth-order valence-corrected chi connectivity index (χ4v) is 5.80. The molecule has 4 rings (SSSR count). The van der Waals surface area contributed by atoms with Gasteiger partial charge in [-0.1, -0.05) is 18.2 Å². The summed E-state index contributed by atoms with van der Waals surface area (Å²) in [6, 6.07) is 12.4. The Morgan fingerprint density at radius 3 is 2.36 bits per heavy atom. The summed E-state index contributed by atoms with van der Waals surface area (Å²) < 4.78 is 55.7. The lowest BCUT2D eigenvalue weighted by molar-refractivity contribution is 0.476. The van der Waals surface area contributed by atoms with Crippen molar-refractivity contribution in [3.05, 3.63) is 53.6 Å². The SMILES string of the molecule is CS(=O)(=O)NCc1ccc(Oc2ccc3c(c2)S(=O)(=O)CCC3C2CC2)cc1. The van der Waals surface area contributed by atoms with E-state index in [4.69, 9.17) is 4.74 Å². The number of sulfonamides is 1. The minimum Gasteiger partial charge on any atom is -0.457 e. The molecule has 0 bridgehead atoms. The first-order valence-corrected chi connectivity index (χ1v) is 12.8. The number of sulfone groups is 1. The molecule has 1 fully saturated rings. The van der Waals surface area contributed by atoms with Crippen LogP contribution < -0.4 is 9.46 Å². The maximum absolute atomic E-state index is 12.6. The van der Waals surface area contributed by atoms with Crippen LogP contribution in [-0.2, 0) is 26.4 Å². The first-order chi connectivity index (χ1) is 13.2. The van der Waals surface area contributed by atoms with Gasteiger partial charge in [-0.05, 0) is 66.5 Å². The molecule has 150 valence electrons. The molecule has 8 heteroatoms. The summed E-state index contributed by atoms with van der Waals surface area (Å²) in [6.45, 7) is 0.207. The van der Waals surface area contributed by atoms with Gasteiger partial charge >= 0.3 is 0 Å². The van der Waals surface area contributed by atoms with E-state index < -0.39 is 19.9 Å². The van der Waals surface area contributed by atoms with Crippen molar-refractivity contribution in [2.45, 2.75) is 36.6 Å². The van der Waals surface area contributed by atoms with Crippen LogP contribution in [0.5, 0.6) is 11.5 Å². The molecule has 0 aromatic heterocycles. The molecule has 2 aromatic rings. The Balaban J connectivity index is 1.53. The molecule has 2 aliphatic rings. The number of rotatable bonds is 6. The maximum Gasteiger partial charge on any atom is 0.209 e. The van der Waals surface area contributed by atoms with Gasteiger partial charge in [0.1, 0.15) is 11.5 Å². The minimum absolute atomic E-state index is 0.201. The summed E-state index contributed by atoms with van der Waals surface area (Å²) >= 11 is 0. The van der Waals surface area contributed by atoms with Gasteiger partial charge in [-0.2, -0.15) is 0 Å². The van der Waals surface area contributed by atoms with Crippen molar-refractivity contribution in [2.75, 3.05) is 12.0 Å². The van der Waals surface area contributed by atoms with E-state index in [2.05, 4.69) is 4.72 Å². The molecule has 0 amide bonds. The topological polar surface area (TPSA) is 89.5 Å². The van der Waals surface area contributed by atoms with Gasteiger partial charge in [-0.15, -0.1) is 0 Å². The van der Waals surface area contributed by atoms with Gasteiger partial charge in [0.15, 0.2) is 9.84 Å². The first-order valence-electron chi connectivity index (χ1n) is 9.29. The molecule has 0 saturated heterocycles. The van der Waals surface area contributed by atoms with Crippen molar-refractivity contribution in [3.8, 4) is 11.5 Å². The molecule has 6 nitrogen and oxygen atoms in total. The van der Waals surface area contributed by atoms with Gasteiger partial charge in [0.2, 0.25) is 10.0 Å². The van der Waals surface area contributed by atoms with E-state index in [9.17, 15) is 16.8 Å². The van der Waals surface area contributed by atoms with Crippen LogP contribution in [0.2, 0.25) is 0 Å². The van der Waals surface area contributed by atoms with Crippen molar-refractivity contribution in [2.24, 2.45) is 5.92 Å². The van der Waals surface area contributed by atoms with Crippen LogP contribution in [0.25, 0.3) is 0 Å². The fraction of sp³-hybridized carbons (Fsp3) is 0.400. The maximum atomic E-state index is 12.6. The number of fused-ring (bicyclic) bond motifs is 1. The predicted molar refractivity (Wildman–Crippen MR) is 107 cm³/mol. The Morgan fingerprint density at radius 1 is 1.04 bits per heavy atom. The standard InChI is InChI=1S/C20H23NO5S2/c1-27(22,23)21-13-14-2-6-16(7-3-14)26-17-8-9-19-18(15-4-5-15)10-11-28(24,25)20(19)12-17/h2-3,6-9,12,15,18,21H,4-5,10-11,13H2,1H3. The summed E-state index contributed by atoms with van der Waals surface area (Å²) in [4.78, 5) is 0.405. The number of benzene rings is 2. The minimum atomic E-state index is -3.27. The van der Waals surface area contributed by atoms with Gasteiger partial charge in [-0.3, -0.25) is 0 Å². The second kappa shape index (κ2) is 7.17. The van der Waals surface area contributed by atoms with Crippen molar-refractivity contribution in [3.63, 3.8) is 0 Å². The van der Waals surface area contributed by atoms with Crippen molar-refractivity contribution >= 4 is 19.9 Å². The van der Waals surface area contributed by atoms with E-state index in [0.717, 1.165) is 17.4 Å². The molecular weight excluding hydrogens is 398 g/mol. The highest BCUT2D eigenvalue weighted by Gasteiger charge is 2.39. The van der Waals surface area contributed by atoms with E-state index in [-0.39, 0.29) is 12.3 Å². The Kier molecular flexibility index (Phi) is 4.97. The third-order valence-electron chi connectivity index (χ3n) is 5.31. The third-order valence-corrected chi connectivity index (χ3v) is 7.77. The van der Waals surface area contributed by atoms with E-state index in [1.165, 1.54) is 12.8 Å². The Bertz CT molecular complexity index is 1090. The number of hydrogen-bond donors (Lipinski definition) is 1. The second-order valence-corrected chi connectivity index (χ2v) is 11.5. The molecule has 1 aliphatic carbocycles. The Morgan fingerprint density at radius 2 is 1.71 bits per heavy atom. The number of hydrogen-bond acceptors (Lipinski definition) is 5. The van der Waals surface area contributed by atoms with Crippen LogP contribution in [0.4, 0.5) is 0 Å². The summed E-state index contributed by atoms with van der Waals surface area (Å²) in [7, 11) is -6.51. The lowest BCUT2D eigenvalue weighted by atomic mass is 9.91. The monoisotopic (exact) mass is 421 g/mol. The average molecular weight is 422 g/mol. The van der Waals surface area contributed by atoms with Crippen LogP contribution in [0.15, 0.2) is 47.4 Å². The summed E-state index contributed by atoms with van der Waals surface area (Å²) in [5, 5.41) is 0. The molecule has 28 heavy (non-hydrogen) atoms. The number of nitrogens with one attached hydrogen (secondary N) is 1. The third kappa shape index (κ3) is 4.39. The molecule has 0 radical (unpaired) electrons. The van der Waals surface area contributed by atoms with E-state index >= 15 is 0 Å². The Hall–Kier alpha value is -1.90. The van der Waals surface area contributed by atoms with Crippen LogP contribution in [0.3, 0.4) is 0 Å². The van der Waals surface area contributed by atoms with Gasteiger partial charge in [0, 0.05) is 6.54 Å². The molecular formula is C20H23NO5S2. The lowest BCUT2D eigenvalue weighted by Gasteiger charge is -2.25. The predicted octanol–water partition coefficient (Wildman–Crippen LogP) is 3.20. The number of ether oxygens (including phenoxy) is 1. The van der Waals surface area contributed by atoms with Gasteiger partial charge in [-0.25, -0.2) is 21.6 Å². The van der Waals surface area contributed by atoms with E-state index in [0.29, 0.717) is 34.7 Å². The fourth-order valence-electron chi connectivity index (χ4n) is 3.72. The highest BCUT2D eigenvalue weighted by atomic mass is 32.2. The van der Waals surface area contributed by atoms with Crippen molar-refractivity contribution in [1.29, 1.82) is 0 Å². The highest BCUT2D eigenvalue weighted by molar-refractivity contribution is 7.91. The molecule has 1 heterocycles. The first kappa shape index (κ1) is 19.4. The molecule has 2 aromatic carbocycles. The zero-order valence-corrected chi connectivity index (χ0v) is 17.2. The van der Waals surface area contributed by atoms with Gasteiger partial charge in [0.25, 0.3) is 0 Å². The van der Waals surface area contributed by atoms with Crippen LogP contribution in [0, 0.1) is 5.92 Å². The normalized spacial score (nSPS) is 21.1. The van der Waals surface area contributed by atoms with Crippen LogP contribution in [-0.4, -0.2) is 28.8 Å². The molecule has 1 N–H and O–H groups in total.